The Bertz CT molecular complexity index is 477. The van der Waals surface area contributed by atoms with E-state index < -0.39 is 0 Å². The lowest BCUT2D eigenvalue weighted by molar-refractivity contribution is 0.751. The number of nitrogens with two attached hydrogens (primary N) is 1. The van der Waals surface area contributed by atoms with Crippen LogP contribution in [0.25, 0.3) is 5.52 Å². The van der Waals surface area contributed by atoms with E-state index in [1.807, 2.05) is 16.8 Å². The quantitative estimate of drug-likeness (QED) is 0.722. The van der Waals surface area contributed by atoms with Gasteiger partial charge in [0.15, 0.2) is 5.82 Å². The highest BCUT2D eigenvalue weighted by atomic mass is 15.3. The van der Waals surface area contributed by atoms with Gasteiger partial charge in [0, 0.05) is 31.5 Å². The Labute approximate surface area is 87.5 Å². The van der Waals surface area contributed by atoms with Crippen LogP contribution in [-0.4, -0.2) is 33.7 Å². The number of hydrogen-bond donors (Lipinski definition) is 1. The zero-order valence-electron chi connectivity index (χ0n) is 8.37. The van der Waals surface area contributed by atoms with E-state index >= 15 is 0 Å². The molecule has 1 aliphatic rings. The van der Waals surface area contributed by atoms with Crippen LogP contribution in [0.15, 0.2) is 24.7 Å². The SMILES string of the molecule is N[C@@H]1CCN(c2nccn3nccc23)C1. The largest absolute Gasteiger partial charge is 0.353 e. The lowest BCUT2D eigenvalue weighted by Crippen LogP contribution is -2.27. The summed E-state index contributed by atoms with van der Waals surface area (Å²) in [6.07, 6.45) is 6.46. The average molecular weight is 203 g/mol. The van der Waals surface area contributed by atoms with Crippen molar-refractivity contribution in [2.45, 2.75) is 12.5 Å². The summed E-state index contributed by atoms with van der Waals surface area (Å²) in [5, 5.41) is 4.19. The van der Waals surface area contributed by atoms with Gasteiger partial charge in [0.05, 0.1) is 6.20 Å². The first-order valence-corrected chi connectivity index (χ1v) is 5.13. The molecule has 1 atom stereocenters. The van der Waals surface area contributed by atoms with Gasteiger partial charge in [0.25, 0.3) is 0 Å². The molecule has 0 bridgehead atoms. The summed E-state index contributed by atoms with van der Waals surface area (Å²) in [7, 11) is 0. The second kappa shape index (κ2) is 3.20. The van der Waals surface area contributed by atoms with Crippen molar-refractivity contribution in [3.8, 4) is 0 Å². The van der Waals surface area contributed by atoms with Crippen molar-refractivity contribution >= 4 is 11.3 Å². The molecule has 5 heteroatoms. The van der Waals surface area contributed by atoms with Crippen LogP contribution in [0.2, 0.25) is 0 Å². The Kier molecular flexibility index (Phi) is 1.85. The van der Waals surface area contributed by atoms with Crippen LogP contribution in [0.3, 0.4) is 0 Å². The minimum absolute atomic E-state index is 0.273. The van der Waals surface area contributed by atoms with Crippen molar-refractivity contribution < 1.29 is 0 Å². The Morgan fingerprint density at radius 3 is 3.13 bits per heavy atom. The number of anilines is 1. The van der Waals surface area contributed by atoms with Gasteiger partial charge in [-0.25, -0.2) is 9.50 Å². The summed E-state index contributed by atoms with van der Waals surface area (Å²) in [5.41, 5.74) is 6.94. The molecule has 0 radical (unpaired) electrons. The highest BCUT2D eigenvalue weighted by molar-refractivity contribution is 5.68. The minimum atomic E-state index is 0.273. The highest BCUT2D eigenvalue weighted by Gasteiger charge is 2.21. The molecule has 0 aliphatic carbocycles. The molecule has 78 valence electrons. The van der Waals surface area contributed by atoms with Crippen LogP contribution < -0.4 is 10.6 Å². The van der Waals surface area contributed by atoms with Gasteiger partial charge in [-0.05, 0) is 12.5 Å². The second-order valence-electron chi connectivity index (χ2n) is 3.91. The standard InChI is InChI=1S/C10H13N5/c11-8-2-5-14(7-8)10-9-1-3-13-15(9)6-4-12-10/h1,3-4,6,8H,2,5,7,11H2/t8-/m1/s1. The van der Waals surface area contributed by atoms with Gasteiger partial charge in [-0.2, -0.15) is 5.10 Å². The van der Waals surface area contributed by atoms with E-state index in [4.69, 9.17) is 5.73 Å². The first-order chi connectivity index (χ1) is 7.34. The molecule has 15 heavy (non-hydrogen) atoms. The van der Waals surface area contributed by atoms with Crippen molar-refractivity contribution in [2.75, 3.05) is 18.0 Å². The summed E-state index contributed by atoms with van der Waals surface area (Å²) in [5.74, 6) is 0.989. The molecular formula is C10H13N5. The minimum Gasteiger partial charge on any atom is -0.353 e. The van der Waals surface area contributed by atoms with Crippen molar-refractivity contribution in [1.82, 2.24) is 14.6 Å². The van der Waals surface area contributed by atoms with Gasteiger partial charge in [0.2, 0.25) is 0 Å². The molecule has 2 N–H and O–H groups in total. The third-order valence-corrected chi connectivity index (χ3v) is 2.83. The van der Waals surface area contributed by atoms with E-state index in [1.54, 1.807) is 12.4 Å². The van der Waals surface area contributed by atoms with Gasteiger partial charge in [-0.1, -0.05) is 0 Å². The van der Waals surface area contributed by atoms with Crippen LogP contribution in [0, 0.1) is 0 Å². The zero-order valence-corrected chi connectivity index (χ0v) is 8.37. The molecule has 2 aromatic heterocycles. The van der Waals surface area contributed by atoms with Crippen LogP contribution in [0.5, 0.6) is 0 Å². The molecule has 3 rings (SSSR count). The van der Waals surface area contributed by atoms with Gasteiger partial charge in [-0.3, -0.25) is 0 Å². The van der Waals surface area contributed by atoms with Crippen LogP contribution in [0.4, 0.5) is 5.82 Å². The average Bonchev–Trinajstić information content (AvgIpc) is 2.84. The van der Waals surface area contributed by atoms with Gasteiger partial charge >= 0.3 is 0 Å². The Morgan fingerprint density at radius 1 is 1.40 bits per heavy atom. The lowest BCUT2D eigenvalue weighted by atomic mass is 10.3. The number of nitrogens with zero attached hydrogens (tertiary/aromatic N) is 4. The third kappa shape index (κ3) is 1.35. The smallest absolute Gasteiger partial charge is 0.154 e. The first-order valence-electron chi connectivity index (χ1n) is 5.13. The van der Waals surface area contributed by atoms with Crippen molar-refractivity contribution in [2.24, 2.45) is 5.73 Å². The van der Waals surface area contributed by atoms with Gasteiger partial charge < -0.3 is 10.6 Å². The van der Waals surface area contributed by atoms with E-state index in [-0.39, 0.29) is 6.04 Å². The fourth-order valence-corrected chi connectivity index (χ4v) is 2.07. The predicted molar refractivity (Wildman–Crippen MR) is 57.8 cm³/mol. The third-order valence-electron chi connectivity index (χ3n) is 2.83. The maximum Gasteiger partial charge on any atom is 0.154 e. The maximum atomic E-state index is 5.89. The Morgan fingerprint density at radius 2 is 2.33 bits per heavy atom. The van der Waals surface area contributed by atoms with Crippen molar-refractivity contribution in [3.63, 3.8) is 0 Å². The molecule has 1 aliphatic heterocycles. The number of aromatic nitrogens is 3. The van der Waals surface area contributed by atoms with Crippen LogP contribution in [0.1, 0.15) is 6.42 Å². The molecular weight excluding hydrogens is 190 g/mol. The Balaban J connectivity index is 2.06. The summed E-state index contributed by atoms with van der Waals surface area (Å²) in [4.78, 5) is 6.63. The first kappa shape index (κ1) is 8.67. The molecule has 5 nitrogen and oxygen atoms in total. The molecule has 2 aromatic rings. The summed E-state index contributed by atoms with van der Waals surface area (Å²) in [6.45, 7) is 1.87. The fraction of sp³-hybridized carbons (Fsp3) is 0.400. The molecule has 0 saturated carbocycles. The molecule has 0 unspecified atom stereocenters. The van der Waals surface area contributed by atoms with E-state index in [2.05, 4.69) is 15.0 Å². The summed E-state index contributed by atoms with van der Waals surface area (Å²) < 4.78 is 1.84. The predicted octanol–water partition coefficient (Wildman–Crippen LogP) is 0.267. The van der Waals surface area contributed by atoms with E-state index in [1.165, 1.54) is 0 Å². The molecule has 3 heterocycles. The molecule has 1 saturated heterocycles. The molecule has 0 aromatic carbocycles. The monoisotopic (exact) mass is 203 g/mol. The number of hydrogen-bond acceptors (Lipinski definition) is 4. The number of rotatable bonds is 1. The normalized spacial score (nSPS) is 21.4. The second-order valence-corrected chi connectivity index (χ2v) is 3.91. The van der Waals surface area contributed by atoms with Crippen LogP contribution in [-0.2, 0) is 0 Å². The van der Waals surface area contributed by atoms with Crippen molar-refractivity contribution in [3.05, 3.63) is 24.7 Å². The van der Waals surface area contributed by atoms with E-state index in [0.29, 0.717) is 0 Å². The molecule has 0 spiro atoms. The highest BCUT2D eigenvalue weighted by Crippen LogP contribution is 2.21. The van der Waals surface area contributed by atoms with Crippen LogP contribution >= 0.6 is 0 Å². The topological polar surface area (TPSA) is 59.5 Å². The molecule has 0 amide bonds. The van der Waals surface area contributed by atoms with Gasteiger partial charge in [-0.15, -0.1) is 0 Å². The maximum absolute atomic E-state index is 5.89. The molecule has 1 fully saturated rings. The van der Waals surface area contributed by atoms with E-state index in [0.717, 1.165) is 30.8 Å². The summed E-state index contributed by atoms with van der Waals surface area (Å²) in [6, 6.07) is 2.25. The lowest BCUT2D eigenvalue weighted by Gasteiger charge is -2.17. The zero-order chi connectivity index (χ0) is 10.3. The summed E-state index contributed by atoms with van der Waals surface area (Å²) >= 11 is 0. The fourth-order valence-electron chi connectivity index (χ4n) is 2.07. The van der Waals surface area contributed by atoms with Crippen molar-refractivity contribution in [1.29, 1.82) is 0 Å². The van der Waals surface area contributed by atoms with Gasteiger partial charge in [0.1, 0.15) is 5.52 Å². The van der Waals surface area contributed by atoms with E-state index in [9.17, 15) is 0 Å². The number of fused-ring (bicyclic) bond motifs is 1. The Hall–Kier alpha value is -1.62.